The van der Waals surface area contributed by atoms with Crippen molar-refractivity contribution in [3.63, 3.8) is 0 Å². The molecule has 29 heavy (non-hydrogen) atoms. The maximum absolute atomic E-state index is 11.7. The lowest BCUT2D eigenvalue weighted by Crippen LogP contribution is -2.41. The molecule has 0 amide bonds. The largest absolute Gasteiger partial charge is 0.489 e. The van der Waals surface area contributed by atoms with E-state index in [0.717, 1.165) is 11.1 Å². The highest BCUT2D eigenvalue weighted by Crippen LogP contribution is 2.18. The Bertz CT molecular complexity index is 952. The average Bonchev–Trinajstić information content (AvgIpc) is 2.61. The number of hydrogen-bond donors (Lipinski definition) is 2. The van der Waals surface area contributed by atoms with E-state index in [1.165, 1.54) is 6.26 Å². The number of halogens is 2. The van der Waals surface area contributed by atoms with Crippen LogP contribution in [0.2, 0.25) is 5.02 Å². The SMILES string of the molecule is CN=C(NCc1ccc(S(C)(=O)=O)c(C)c1)NCC(C)Oc1cccc(Cl)c1.I. The van der Waals surface area contributed by atoms with Crippen molar-refractivity contribution >= 4 is 51.4 Å². The average molecular weight is 552 g/mol. The Kier molecular flexibility index (Phi) is 10.2. The topological polar surface area (TPSA) is 79.8 Å². The minimum absolute atomic E-state index is 0. The zero-order chi connectivity index (χ0) is 20.7. The summed E-state index contributed by atoms with van der Waals surface area (Å²) in [5.74, 6) is 1.34. The molecule has 2 aromatic carbocycles. The number of benzene rings is 2. The first-order valence-electron chi connectivity index (χ1n) is 8.85. The van der Waals surface area contributed by atoms with Gasteiger partial charge in [0.2, 0.25) is 0 Å². The Labute approximate surface area is 195 Å². The predicted octanol–water partition coefficient (Wildman–Crippen LogP) is 3.80. The third-order valence-electron chi connectivity index (χ3n) is 4.01. The van der Waals surface area contributed by atoms with E-state index in [4.69, 9.17) is 16.3 Å². The molecule has 0 spiro atoms. The van der Waals surface area contributed by atoms with Crippen LogP contribution in [-0.4, -0.2) is 40.3 Å². The normalized spacial score (nSPS) is 12.7. The van der Waals surface area contributed by atoms with Gasteiger partial charge in [-0.3, -0.25) is 4.99 Å². The van der Waals surface area contributed by atoms with Gasteiger partial charge in [-0.2, -0.15) is 0 Å². The number of hydrogen-bond acceptors (Lipinski definition) is 4. The predicted molar refractivity (Wildman–Crippen MR) is 129 cm³/mol. The lowest BCUT2D eigenvalue weighted by Gasteiger charge is -2.18. The molecule has 0 aliphatic rings. The van der Waals surface area contributed by atoms with Crippen LogP contribution in [0.4, 0.5) is 0 Å². The first-order chi connectivity index (χ1) is 13.2. The van der Waals surface area contributed by atoms with Gasteiger partial charge in [0.05, 0.1) is 11.4 Å². The molecule has 0 aliphatic heterocycles. The fraction of sp³-hybridized carbons (Fsp3) is 0.350. The van der Waals surface area contributed by atoms with Gasteiger partial charge >= 0.3 is 0 Å². The fourth-order valence-corrected chi connectivity index (χ4v) is 3.84. The summed E-state index contributed by atoms with van der Waals surface area (Å²) in [4.78, 5) is 4.55. The second-order valence-corrected chi connectivity index (χ2v) is 8.99. The standard InChI is InChI=1S/C20H26ClN3O3S.HI/c1-14-10-16(8-9-19(14)28(4,25)26)13-24-20(22-3)23-12-15(2)27-18-7-5-6-17(21)11-18;/h5-11,15H,12-13H2,1-4H3,(H2,22,23,24);1H. The van der Waals surface area contributed by atoms with Crippen molar-refractivity contribution in [3.8, 4) is 5.75 Å². The van der Waals surface area contributed by atoms with Crippen molar-refractivity contribution in [1.82, 2.24) is 10.6 Å². The third kappa shape index (κ3) is 8.39. The summed E-state index contributed by atoms with van der Waals surface area (Å²) >= 11 is 5.97. The number of guanidine groups is 1. The Balaban J connectivity index is 0.00000420. The summed E-state index contributed by atoms with van der Waals surface area (Å²) in [5.41, 5.74) is 1.70. The van der Waals surface area contributed by atoms with E-state index in [9.17, 15) is 8.42 Å². The Hall–Kier alpha value is -1.52. The Morgan fingerprint density at radius 2 is 1.93 bits per heavy atom. The van der Waals surface area contributed by atoms with Gasteiger partial charge in [-0.05, 0) is 49.2 Å². The smallest absolute Gasteiger partial charge is 0.191 e. The molecule has 0 fully saturated rings. The van der Waals surface area contributed by atoms with Crippen LogP contribution in [0.3, 0.4) is 0 Å². The molecular weight excluding hydrogens is 525 g/mol. The van der Waals surface area contributed by atoms with Gasteiger partial charge in [-0.1, -0.05) is 29.8 Å². The monoisotopic (exact) mass is 551 g/mol. The maximum Gasteiger partial charge on any atom is 0.191 e. The summed E-state index contributed by atoms with van der Waals surface area (Å²) in [5, 5.41) is 7.05. The minimum atomic E-state index is -3.21. The highest BCUT2D eigenvalue weighted by atomic mass is 127. The van der Waals surface area contributed by atoms with Gasteiger partial charge in [0.15, 0.2) is 15.8 Å². The van der Waals surface area contributed by atoms with Gasteiger partial charge in [0, 0.05) is 24.9 Å². The van der Waals surface area contributed by atoms with Crippen LogP contribution in [0.1, 0.15) is 18.1 Å². The molecule has 1 atom stereocenters. The Morgan fingerprint density at radius 1 is 1.21 bits per heavy atom. The van der Waals surface area contributed by atoms with Crippen molar-refractivity contribution in [1.29, 1.82) is 0 Å². The molecule has 9 heteroatoms. The Morgan fingerprint density at radius 3 is 2.52 bits per heavy atom. The van der Waals surface area contributed by atoms with Gasteiger partial charge < -0.3 is 15.4 Å². The highest BCUT2D eigenvalue weighted by Gasteiger charge is 2.11. The lowest BCUT2D eigenvalue weighted by molar-refractivity contribution is 0.224. The van der Waals surface area contributed by atoms with Crippen LogP contribution >= 0.6 is 35.6 Å². The third-order valence-corrected chi connectivity index (χ3v) is 5.50. The number of aliphatic imine (C=N–C) groups is 1. The molecule has 0 saturated heterocycles. The fourth-order valence-electron chi connectivity index (χ4n) is 2.70. The summed E-state index contributed by atoms with van der Waals surface area (Å²) in [6.07, 6.45) is 1.12. The summed E-state index contributed by atoms with van der Waals surface area (Å²) in [6.45, 7) is 4.82. The molecule has 6 nitrogen and oxygen atoms in total. The van der Waals surface area contributed by atoms with Crippen LogP contribution in [0.25, 0.3) is 0 Å². The summed E-state index contributed by atoms with van der Waals surface area (Å²) in [7, 11) is -1.52. The number of rotatable bonds is 7. The number of ether oxygens (including phenoxy) is 1. The van der Waals surface area contributed by atoms with Gasteiger partial charge in [-0.15, -0.1) is 24.0 Å². The van der Waals surface area contributed by atoms with Crippen molar-refractivity contribution < 1.29 is 13.2 Å². The molecule has 1 unspecified atom stereocenters. The summed E-state index contributed by atoms with van der Waals surface area (Å²) in [6, 6.07) is 12.6. The molecular formula is C20H27ClIN3O3S. The molecule has 0 saturated carbocycles. The molecule has 0 radical (unpaired) electrons. The number of aryl methyl sites for hydroxylation is 1. The maximum atomic E-state index is 11.7. The molecule has 2 aromatic rings. The van der Waals surface area contributed by atoms with Crippen LogP contribution in [0.5, 0.6) is 5.75 Å². The van der Waals surface area contributed by atoms with E-state index in [-0.39, 0.29) is 30.1 Å². The second kappa shape index (κ2) is 11.6. The van der Waals surface area contributed by atoms with E-state index in [1.54, 1.807) is 38.2 Å². The lowest BCUT2D eigenvalue weighted by atomic mass is 10.1. The minimum Gasteiger partial charge on any atom is -0.489 e. The zero-order valence-electron chi connectivity index (χ0n) is 16.9. The second-order valence-electron chi connectivity index (χ2n) is 6.56. The van der Waals surface area contributed by atoms with E-state index in [1.807, 2.05) is 25.1 Å². The van der Waals surface area contributed by atoms with Crippen molar-refractivity contribution in [2.45, 2.75) is 31.4 Å². The van der Waals surface area contributed by atoms with Crippen LogP contribution in [0, 0.1) is 6.92 Å². The van der Waals surface area contributed by atoms with Crippen molar-refractivity contribution in [2.75, 3.05) is 19.8 Å². The van der Waals surface area contributed by atoms with E-state index >= 15 is 0 Å². The van der Waals surface area contributed by atoms with Crippen LogP contribution in [0.15, 0.2) is 52.4 Å². The van der Waals surface area contributed by atoms with E-state index in [0.29, 0.717) is 34.7 Å². The van der Waals surface area contributed by atoms with Gasteiger partial charge in [-0.25, -0.2) is 8.42 Å². The van der Waals surface area contributed by atoms with Gasteiger partial charge in [0.25, 0.3) is 0 Å². The zero-order valence-corrected chi connectivity index (χ0v) is 20.8. The van der Waals surface area contributed by atoms with Crippen molar-refractivity contribution in [2.24, 2.45) is 4.99 Å². The van der Waals surface area contributed by atoms with Crippen molar-refractivity contribution in [3.05, 3.63) is 58.6 Å². The molecule has 0 aromatic heterocycles. The molecule has 160 valence electrons. The van der Waals surface area contributed by atoms with Gasteiger partial charge in [0.1, 0.15) is 11.9 Å². The summed E-state index contributed by atoms with van der Waals surface area (Å²) < 4.78 is 29.3. The van der Waals surface area contributed by atoms with E-state index < -0.39 is 9.84 Å². The van der Waals surface area contributed by atoms with E-state index in [2.05, 4.69) is 15.6 Å². The first-order valence-corrected chi connectivity index (χ1v) is 11.1. The van der Waals surface area contributed by atoms with Crippen LogP contribution in [-0.2, 0) is 16.4 Å². The molecule has 0 bridgehead atoms. The number of nitrogens with zero attached hydrogens (tertiary/aromatic N) is 1. The number of nitrogens with one attached hydrogen (secondary N) is 2. The number of sulfone groups is 1. The molecule has 0 heterocycles. The van der Waals surface area contributed by atoms with Crippen LogP contribution < -0.4 is 15.4 Å². The molecule has 2 rings (SSSR count). The highest BCUT2D eigenvalue weighted by molar-refractivity contribution is 14.0. The quantitative estimate of drug-likeness (QED) is 0.311. The molecule has 0 aliphatic carbocycles. The first kappa shape index (κ1) is 25.5. The molecule has 2 N–H and O–H groups in total.